The van der Waals surface area contributed by atoms with Crippen molar-refractivity contribution in [2.45, 2.75) is 56.5 Å². The molecule has 1 saturated carbocycles. The standard InChI is InChI=1S/C28H39N7O3S/c1-19(2)31-27-32-26(33-28(34-27)35-14-16-38-17-15-35)25(29)22-12-10-20(11-13-22)18-30-39(36,37)24-9-5-7-21-6-3-4-8-23(21)24/h3-9,19-20,22,25,30H,10-18,29H2,1-2H3,(H,31,32,33,34). The van der Waals surface area contributed by atoms with Crippen LogP contribution in [0.2, 0.25) is 0 Å². The van der Waals surface area contributed by atoms with Crippen LogP contribution in [0.25, 0.3) is 10.8 Å². The largest absolute Gasteiger partial charge is 0.378 e. The average Bonchev–Trinajstić information content (AvgIpc) is 2.95. The number of ether oxygens (including phenoxy) is 1. The SMILES string of the molecule is CC(C)Nc1nc(C(N)C2CCC(CNS(=O)(=O)c3cccc4ccccc34)CC2)nc(N2CCOCC2)n1. The Labute approximate surface area is 230 Å². The molecule has 1 saturated heterocycles. The van der Waals surface area contributed by atoms with Gasteiger partial charge >= 0.3 is 0 Å². The van der Waals surface area contributed by atoms with Gasteiger partial charge in [0.2, 0.25) is 21.9 Å². The molecule has 0 amide bonds. The lowest BCUT2D eigenvalue weighted by Crippen LogP contribution is -2.38. The summed E-state index contributed by atoms with van der Waals surface area (Å²) in [4.78, 5) is 16.5. The average molecular weight is 554 g/mol. The topological polar surface area (TPSA) is 135 Å². The van der Waals surface area contributed by atoms with Crippen molar-refractivity contribution in [3.05, 3.63) is 48.3 Å². The summed E-state index contributed by atoms with van der Waals surface area (Å²) in [6.07, 6.45) is 3.59. The maximum Gasteiger partial charge on any atom is 0.241 e. The fourth-order valence-corrected chi connectivity index (χ4v) is 6.80. The van der Waals surface area contributed by atoms with Gasteiger partial charge in [-0.15, -0.1) is 0 Å². The number of rotatable bonds is 9. The Balaban J connectivity index is 1.22. The first-order valence-electron chi connectivity index (χ1n) is 13.9. The molecule has 2 heterocycles. The van der Waals surface area contributed by atoms with E-state index in [1.165, 1.54) is 0 Å². The number of hydrogen-bond donors (Lipinski definition) is 3. The van der Waals surface area contributed by atoms with Crippen LogP contribution in [0.4, 0.5) is 11.9 Å². The number of nitrogens with two attached hydrogens (primary N) is 1. The zero-order valence-electron chi connectivity index (χ0n) is 22.7. The number of anilines is 2. The van der Waals surface area contributed by atoms with Crippen LogP contribution in [0.15, 0.2) is 47.4 Å². The predicted octanol–water partition coefficient (Wildman–Crippen LogP) is 3.47. The highest BCUT2D eigenvalue weighted by Gasteiger charge is 2.30. The van der Waals surface area contributed by atoms with Crippen LogP contribution < -0.4 is 20.7 Å². The molecule has 4 N–H and O–H groups in total. The monoisotopic (exact) mass is 553 g/mol. The summed E-state index contributed by atoms with van der Waals surface area (Å²) in [5.41, 5.74) is 6.75. The number of hydrogen-bond acceptors (Lipinski definition) is 9. The third-order valence-corrected chi connectivity index (χ3v) is 9.13. The maximum absolute atomic E-state index is 13.1. The zero-order chi connectivity index (χ0) is 27.4. The Morgan fingerprint density at radius 1 is 1.00 bits per heavy atom. The highest BCUT2D eigenvalue weighted by atomic mass is 32.2. The predicted molar refractivity (Wildman–Crippen MR) is 153 cm³/mol. The van der Waals surface area contributed by atoms with Crippen LogP contribution in [0.1, 0.15) is 51.4 Å². The van der Waals surface area contributed by atoms with Crippen LogP contribution in [-0.2, 0) is 14.8 Å². The number of benzene rings is 2. The number of nitrogens with zero attached hydrogens (tertiary/aromatic N) is 4. The summed E-state index contributed by atoms with van der Waals surface area (Å²) in [6.45, 7) is 7.28. The molecule has 1 unspecified atom stereocenters. The Kier molecular flexibility index (Phi) is 8.61. The first kappa shape index (κ1) is 27.7. The Hall–Kier alpha value is -2.86. The molecule has 39 heavy (non-hydrogen) atoms. The maximum atomic E-state index is 13.1. The van der Waals surface area contributed by atoms with E-state index in [2.05, 4.69) is 24.9 Å². The number of sulfonamides is 1. The van der Waals surface area contributed by atoms with Gasteiger partial charge in [-0.05, 0) is 62.8 Å². The Morgan fingerprint density at radius 2 is 1.72 bits per heavy atom. The molecule has 3 aromatic rings. The Morgan fingerprint density at radius 3 is 2.46 bits per heavy atom. The number of nitrogens with one attached hydrogen (secondary N) is 2. The van der Waals surface area contributed by atoms with Gasteiger partial charge in [0.25, 0.3) is 0 Å². The minimum Gasteiger partial charge on any atom is -0.378 e. The first-order chi connectivity index (χ1) is 18.8. The number of morpholine rings is 1. The van der Waals surface area contributed by atoms with Gasteiger partial charge in [-0.25, -0.2) is 13.1 Å². The van der Waals surface area contributed by atoms with Crippen molar-refractivity contribution < 1.29 is 13.2 Å². The third kappa shape index (κ3) is 6.66. The zero-order valence-corrected chi connectivity index (χ0v) is 23.5. The lowest BCUT2D eigenvalue weighted by Gasteiger charge is -2.32. The van der Waals surface area contributed by atoms with Gasteiger partial charge in [0, 0.05) is 31.1 Å². The number of fused-ring (bicyclic) bond motifs is 1. The minimum absolute atomic E-state index is 0.183. The number of aromatic nitrogens is 3. The van der Waals surface area contributed by atoms with Gasteiger partial charge in [-0.1, -0.05) is 36.4 Å². The first-order valence-corrected chi connectivity index (χ1v) is 15.4. The van der Waals surface area contributed by atoms with Crippen LogP contribution in [0, 0.1) is 11.8 Å². The van der Waals surface area contributed by atoms with Gasteiger partial charge in [0.05, 0.1) is 24.2 Å². The van der Waals surface area contributed by atoms with Crippen molar-refractivity contribution in [3.8, 4) is 0 Å². The van der Waals surface area contributed by atoms with E-state index < -0.39 is 10.0 Å². The summed E-state index contributed by atoms with van der Waals surface area (Å²) in [5.74, 6) is 2.28. The summed E-state index contributed by atoms with van der Waals surface area (Å²) in [6, 6.07) is 12.8. The van der Waals surface area contributed by atoms with Crippen molar-refractivity contribution in [1.82, 2.24) is 19.7 Å². The van der Waals surface area contributed by atoms with Gasteiger partial charge in [-0.2, -0.15) is 15.0 Å². The minimum atomic E-state index is -3.61. The van der Waals surface area contributed by atoms with Crippen LogP contribution in [0.3, 0.4) is 0 Å². The summed E-state index contributed by atoms with van der Waals surface area (Å²) in [7, 11) is -3.61. The highest BCUT2D eigenvalue weighted by molar-refractivity contribution is 7.89. The molecule has 11 heteroatoms. The van der Waals surface area contributed by atoms with E-state index in [1.807, 2.05) is 44.2 Å². The van der Waals surface area contributed by atoms with E-state index >= 15 is 0 Å². The molecule has 2 fully saturated rings. The van der Waals surface area contributed by atoms with E-state index in [9.17, 15) is 8.42 Å². The van der Waals surface area contributed by atoms with Crippen molar-refractivity contribution in [3.63, 3.8) is 0 Å². The third-order valence-electron chi connectivity index (χ3n) is 7.65. The summed E-state index contributed by atoms with van der Waals surface area (Å²) >= 11 is 0. The molecular weight excluding hydrogens is 514 g/mol. The second kappa shape index (κ2) is 12.1. The van der Waals surface area contributed by atoms with E-state index in [1.54, 1.807) is 12.1 Å². The van der Waals surface area contributed by atoms with Gasteiger partial charge in [0.15, 0.2) is 5.82 Å². The molecule has 0 bridgehead atoms. The quantitative estimate of drug-likeness (QED) is 0.364. The van der Waals surface area contributed by atoms with Gasteiger partial charge in [-0.3, -0.25) is 0 Å². The van der Waals surface area contributed by atoms with Gasteiger partial charge < -0.3 is 20.7 Å². The second-order valence-electron chi connectivity index (χ2n) is 10.9. The second-order valence-corrected chi connectivity index (χ2v) is 12.6. The molecule has 0 spiro atoms. The van der Waals surface area contributed by atoms with E-state index in [-0.39, 0.29) is 23.9 Å². The van der Waals surface area contributed by atoms with E-state index in [0.717, 1.165) is 49.5 Å². The van der Waals surface area contributed by atoms with E-state index in [0.29, 0.717) is 42.4 Å². The molecule has 2 aliphatic rings. The lowest BCUT2D eigenvalue weighted by molar-refractivity contribution is 0.122. The molecule has 0 radical (unpaired) electrons. The fourth-order valence-electron chi connectivity index (χ4n) is 5.45. The molecule has 5 rings (SSSR count). The molecule has 1 atom stereocenters. The molecule has 1 aromatic heterocycles. The summed E-state index contributed by atoms with van der Waals surface area (Å²) in [5, 5.41) is 4.96. The summed E-state index contributed by atoms with van der Waals surface area (Å²) < 4.78 is 34.6. The van der Waals surface area contributed by atoms with Crippen LogP contribution >= 0.6 is 0 Å². The smallest absolute Gasteiger partial charge is 0.241 e. The van der Waals surface area contributed by atoms with Crippen LogP contribution in [0.5, 0.6) is 0 Å². The Bertz CT molecular complexity index is 1370. The molecular formula is C28H39N7O3S. The molecule has 2 aromatic carbocycles. The molecule has 1 aliphatic carbocycles. The van der Waals surface area contributed by atoms with Crippen molar-refractivity contribution in [2.24, 2.45) is 17.6 Å². The molecule has 210 valence electrons. The van der Waals surface area contributed by atoms with Crippen LogP contribution in [-0.4, -0.2) is 62.3 Å². The molecule has 10 nitrogen and oxygen atoms in total. The van der Waals surface area contributed by atoms with E-state index in [4.69, 9.17) is 15.5 Å². The normalized spacial score (nSPS) is 21.3. The lowest BCUT2D eigenvalue weighted by atomic mass is 9.78. The van der Waals surface area contributed by atoms with Gasteiger partial charge in [0.1, 0.15) is 0 Å². The highest BCUT2D eigenvalue weighted by Crippen LogP contribution is 2.35. The molecule has 1 aliphatic heterocycles. The van der Waals surface area contributed by atoms with Crippen molar-refractivity contribution >= 4 is 32.7 Å². The van der Waals surface area contributed by atoms with Crippen molar-refractivity contribution in [2.75, 3.05) is 43.1 Å². The fraction of sp³-hybridized carbons (Fsp3) is 0.536. The van der Waals surface area contributed by atoms with Crippen molar-refractivity contribution in [1.29, 1.82) is 0 Å².